The average Bonchev–Trinajstić information content (AvgIpc) is 1.35. The van der Waals surface area contributed by atoms with Gasteiger partial charge >= 0.3 is 0 Å². The van der Waals surface area contributed by atoms with Crippen LogP contribution in [0.5, 0.6) is 0 Å². The van der Waals surface area contributed by atoms with Crippen molar-refractivity contribution in [1.82, 2.24) is 4.90 Å². The minimum absolute atomic E-state index is 0.597. The van der Waals surface area contributed by atoms with Gasteiger partial charge in [-0.15, -0.1) is 0 Å². The Bertz CT molecular complexity index is 28.7. The van der Waals surface area contributed by atoms with Crippen molar-refractivity contribution in [3.63, 3.8) is 0 Å². The predicted molar refractivity (Wildman–Crippen MR) is 25.0 cm³/mol. The van der Waals surface area contributed by atoms with Gasteiger partial charge in [0, 0.05) is 7.11 Å². The van der Waals surface area contributed by atoms with Crippen LogP contribution in [0.2, 0.25) is 0 Å². The Labute approximate surface area is 38.7 Å². The Kier molecular flexibility index (Phi) is 3.08. The average molecular weight is 88.1 g/mol. The number of rotatable bonds is 2. The van der Waals surface area contributed by atoms with E-state index in [1.54, 1.807) is 12.0 Å². The van der Waals surface area contributed by atoms with Crippen LogP contribution in [0.15, 0.2) is 0 Å². The summed E-state index contributed by atoms with van der Waals surface area (Å²) in [5.41, 5.74) is 0. The van der Waals surface area contributed by atoms with Crippen molar-refractivity contribution >= 4 is 0 Å². The first-order chi connectivity index (χ1) is 2.77. The quantitative estimate of drug-likeness (QED) is 0.356. The third kappa shape index (κ3) is 3.92. The summed E-state index contributed by atoms with van der Waals surface area (Å²) in [5.74, 6) is 0. The normalized spacial score (nSPS) is 10.0. The van der Waals surface area contributed by atoms with Gasteiger partial charge in [-0.1, -0.05) is 0 Å². The zero-order valence-corrected chi connectivity index (χ0v) is 4.27. The molecule has 2 heteroatoms. The second-order valence-corrected chi connectivity index (χ2v) is 1.27. The Morgan fingerprint density at radius 3 is 2.33 bits per heavy atom. The standard InChI is InChI=1S/C4H10NO/c1-5(2)4-6-3/h1,4H2,2-3H3/q-1. The molecule has 0 amide bonds. The van der Waals surface area contributed by atoms with Crippen molar-refractivity contribution in [3.05, 3.63) is 7.05 Å². The summed E-state index contributed by atoms with van der Waals surface area (Å²) in [5, 5.41) is 0. The van der Waals surface area contributed by atoms with E-state index in [0.29, 0.717) is 6.73 Å². The highest BCUT2D eigenvalue weighted by molar-refractivity contribution is 4.30. The smallest absolute Gasteiger partial charge is 0.0713 e. The Morgan fingerprint density at radius 1 is 1.83 bits per heavy atom. The molecule has 0 aliphatic rings. The van der Waals surface area contributed by atoms with Crippen LogP contribution in [0.1, 0.15) is 0 Å². The Balaban J connectivity index is 2.63. The molecule has 0 aromatic carbocycles. The summed E-state index contributed by atoms with van der Waals surface area (Å²) in [6.07, 6.45) is 0. The van der Waals surface area contributed by atoms with Crippen LogP contribution in [-0.4, -0.2) is 25.8 Å². The van der Waals surface area contributed by atoms with Crippen molar-refractivity contribution in [1.29, 1.82) is 0 Å². The molecule has 0 atom stereocenters. The highest BCUT2D eigenvalue weighted by atomic mass is 16.5. The van der Waals surface area contributed by atoms with Crippen molar-refractivity contribution in [3.8, 4) is 0 Å². The van der Waals surface area contributed by atoms with Crippen LogP contribution < -0.4 is 0 Å². The van der Waals surface area contributed by atoms with Gasteiger partial charge in [0.25, 0.3) is 0 Å². The van der Waals surface area contributed by atoms with Crippen LogP contribution in [0.25, 0.3) is 0 Å². The van der Waals surface area contributed by atoms with E-state index in [9.17, 15) is 0 Å². The van der Waals surface area contributed by atoms with Crippen LogP contribution >= 0.6 is 0 Å². The van der Waals surface area contributed by atoms with E-state index < -0.39 is 0 Å². The van der Waals surface area contributed by atoms with Gasteiger partial charge in [0.2, 0.25) is 0 Å². The molecule has 2 nitrogen and oxygen atoms in total. The topological polar surface area (TPSA) is 12.5 Å². The number of methoxy groups -OCH3 is 1. The molecule has 0 fully saturated rings. The van der Waals surface area contributed by atoms with Gasteiger partial charge in [-0.25, -0.2) is 0 Å². The highest BCUT2D eigenvalue weighted by Gasteiger charge is 1.70. The molecule has 0 unspecified atom stereocenters. The van der Waals surface area contributed by atoms with E-state index in [1.807, 2.05) is 7.05 Å². The fourth-order valence-electron chi connectivity index (χ4n) is 0.220. The molecule has 6 heavy (non-hydrogen) atoms. The molecule has 0 aliphatic carbocycles. The molecule has 38 valence electrons. The first-order valence-corrected chi connectivity index (χ1v) is 1.78. The molecule has 0 aromatic rings. The van der Waals surface area contributed by atoms with Gasteiger partial charge in [-0.3, -0.25) is 7.05 Å². The maximum atomic E-state index is 4.67. The van der Waals surface area contributed by atoms with Crippen molar-refractivity contribution < 1.29 is 4.74 Å². The fraction of sp³-hybridized carbons (Fsp3) is 0.750. The third-order valence-electron chi connectivity index (χ3n) is 0.349. The second kappa shape index (κ2) is 3.12. The molecule has 0 bridgehead atoms. The molecule has 0 N–H and O–H groups in total. The van der Waals surface area contributed by atoms with E-state index >= 15 is 0 Å². The van der Waals surface area contributed by atoms with Crippen LogP contribution in [0.3, 0.4) is 0 Å². The van der Waals surface area contributed by atoms with Gasteiger partial charge in [-0.05, 0) is 7.05 Å². The van der Waals surface area contributed by atoms with Crippen LogP contribution in [0.4, 0.5) is 0 Å². The number of nitrogens with zero attached hydrogens (tertiary/aromatic N) is 1. The van der Waals surface area contributed by atoms with E-state index in [1.165, 1.54) is 0 Å². The Hall–Kier alpha value is -0.0800. The fourth-order valence-corrected chi connectivity index (χ4v) is 0.220. The van der Waals surface area contributed by atoms with E-state index in [0.717, 1.165) is 0 Å². The van der Waals surface area contributed by atoms with Gasteiger partial charge in [0.15, 0.2) is 0 Å². The minimum atomic E-state index is 0.597. The zero-order valence-electron chi connectivity index (χ0n) is 4.27. The largest absolute Gasteiger partial charge is 0.440 e. The number of ether oxygens (including phenoxy) is 1. The molecule has 0 saturated carbocycles. The monoisotopic (exact) mass is 88.1 g/mol. The van der Waals surface area contributed by atoms with E-state index in [2.05, 4.69) is 11.8 Å². The van der Waals surface area contributed by atoms with E-state index in [4.69, 9.17) is 0 Å². The summed E-state index contributed by atoms with van der Waals surface area (Å²) >= 11 is 0. The molecule has 0 aromatic heterocycles. The van der Waals surface area contributed by atoms with Crippen molar-refractivity contribution in [2.45, 2.75) is 0 Å². The number of hydrogen-bond donors (Lipinski definition) is 0. The summed E-state index contributed by atoms with van der Waals surface area (Å²) in [6.45, 7) is 0.597. The molecule has 0 radical (unpaired) electrons. The lowest BCUT2D eigenvalue weighted by atomic mass is 10.9. The lowest BCUT2D eigenvalue weighted by Gasteiger charge is -2.14. The lowest BCUT2D eigenvalue weighted by molar-refractivity contribution is 0.110. The van der Waals surface area contributed by atoms with Crippen LogP contribution in [0, 0.1) is 7.05 Å². The molecule has 0 rings (SSSR count). The number of hydrogen-bond acceptors (Lipinski definition) is 2. The minimum Gasteiger partial charge on any atom is -0.440 e. The molecular weight excluding hydrogens is 78.0 g/mol. The third-order valence-corrected chi connectivity index (χ3v) is 0.349. The Morgan fingerprint density at radius 2 is 2.33 bits per heavy atom. The van der Waals surface area contributed by atoms with Gasteiger partial charge in [0.05, 0.1) is 6.73 Å². The lowest BCUT2D eigenvalue weighted by Crippen LogP contribution is -2.11. The molecule has 0 saturated heterocycles. The van der Waals surface area contributed by atoms with Gasteiger partial charge in [0.1, 0.15) is 0 Å². The van der Waals surface area contributed by atoms with Crippen LogP contribution in [-0.2, 0) is 4.74 Å². The summed E-state index contributed by atoms with van der Waals surface area (Å²) < 4.78 is 4.67. The van der Waals surface area contributed by atoms with E-state index in [-0.39, 0.29) is 0 Å². The first kappa shape index (κ1) is 5.92. The zero-order chi connectivity index (χ0) is 4.99. The maximum Gasteiger partial charge on any atom is 0.0713 e. The molecule has 0 spiro atoms. The molecule has 0 aliphatic heterocycles. The first-order valence-electron chi connectivity index (χ1n) is 1.78. The summed E-state index contributed by atoms with van der Waals surface area (Å²) in [4.78, 5) is 1.71. The highest BCUT2D eigenvalue weighted by Crippen LogP contribution is 1.71. The summed E-state index contributed by atoms with van der Waals surface area (Å²) in [7, 11) is 7.03. The maximum absolute atomic E-state index is 4.67. The van der Waals surface area contributed by atoms with Crippen molar-refractivity contribution in [2.75, 3.05) is 20.9 Å². The molecule has 0 heterocycles. The van der Waals surface area contributed by atoms with Crippen molar-refractivity contribution in [2.24, 2.45) is 0 Å². The SMILES string of the molecule is [CH2-]N(C)COC. The van der Waals surface area contributed by atoms with Gasteiger partial charge in [-0.2, -0.15) is 0 Å². The second-order valence-electron chi connectivity index (χ2n) is 1.27. The predicted octanol–water partition coefficient (Wildman–Crippen LogP) is 0.314. The summed E-state index contributed by atoms with van der Waals surface area (Å²) in [6, 6.07) is 0. The van der Waals surface area contributed by atoms with Gasteiger partial charge < -0.3 is 9.64 Å². The molecular formula is C4H10NO-.